The Morgan fingerprint density at radius 3 is 2.75 bits per heavy atom. The number of rotatable bonds is 9. The lowest BCUT2D eigenvalue weighted by Crippen LogP contribution is -2.45. The van der Waals surface area contributed by atoms with Crippen LogP contribution in [0.1, 0.15) is 6.42 Å². The van der Waals surface area contributed by atoms with Gasteiger partial charge >= 0.3 is 0 Å². The average molecular weight is 526 g/mol. The molecule has 1 aliphatic heterocycles. The number of ether oxygens (including phenoxy) is 2. The highest BCUT2D eigenvalue weighted by Crippen LogP contribution is 2.30. The van der Waals surface area contributed by atoms with Gasteiger partial charge in [0, 0.05) is 39.0 Å². The summed E-state index contributed by atoms with van der Waals surface area (Å²) in [6.45, 7) is 3.01. The molecule has 28 heavy (non-hydrogen) atoms. The Morgan fingerprint density at radius 2 is 2.07 bits per heavy atom. The van der Waals surface area contributed by atoms with Crippen LogP contribution in [0.2, 0.25) is 0 Å². The summed E-state index contributed by atoms with van der Waals surface area (Å²) in [5.41, 5.74) is 1.10. The quantitative estimate of drug-likeness (QED) is 0.216. The first-order valence-corrected chi connectivity index (χ1v) is 11.1. The van der Waals surface area contributed by atoms with Crippen molar-refractivity contribution in [2.75, 3.05) is 63.9 Å². The Kier molecular flexibility index (Phi) is 10.9. The van der Waals surface area contributed by atoms with Gasteiger partial charge in [0.05, 0.1) is 31.8 Å². The molecule has 1 atom stereocenters. The lowest BCUT2D eigenvalue weighted by atomic mass is 10.2. The van der Waals surface area contributed by atoms with Gasteiger partial charge in [-0.2, -0.15) is 0 Å². The lowest BCUT2D eigenvalue weighted by Gasteiger charge is -2.22. The smallest absolute Gasteiger partial charge is 0.191 e. The predicted octanol–water partition coefficient (Wildman–Crippen LogP) is 1.12. The van der Waals surface area contributed by atoms with Gasteiger partial charge in [-0.25, -0.2) is 8.42 Å². The summed E-state index contributed by atoms with van der Waals surface area (Å²) in [5.74, 6) is 1.64. The molecule has 2 N–H and O–H groups in total. The monoisotopic (exact) mass is 526 g/mol. The van der Waals surface area contributed by atoms with E-state index >= 15 is 0 Å². The van der Waals surface area contributed by atoms with Crippen molar-refractivity contribution in [1.82, 2.24) is 10.6 Å². The van der Waals surface area contributed by atoms with Crippen LogP contribution in [0.5, 0.6) is 5.75 Å². The zero-order valence-corrected chi connectivity index (χ0v) is 19.8. The molecule has 10 heteroatoms. The Balaban J connectivity index is 0.00000392. The van der Waals surface area contributed by atoms with Crippen LogP contribution in [0, 0.1) is 0 Å². The Labute approximate surface area is 185 Å². The molecule has 1 aromatic carbocycles. The van der Waals surface area contributed by atoms with Gasteiger partial charge in [0.15, 0.2) is 5.96 Å². The molecule has 0 amide bonds. The van der Waals surface area contributed by atoms with E-state index in [1.807, 2.05) is 18.2 Å². The van der Waals surface area contributed by atoms with Crippen LogP contribution < -0.4 is 20.3 Å². The van der Waals surface area contributed by atoms with Crippen LogP contribution in [0.25, 0.3) is 0 Å². The zero-order valence-electron chi connectivity index (χ0n) is 16.7. The van der Waals surface area contributed by atoms with E-state index < -0.39 is 9.84 Å². The fourth-order valence-corrected chi connectivity index (χ4v) is 3.35. The van der Waals surface area contributed by atoms with Gasteiger partial charge in [0.2, 0.25) is 0 Å². The molecule has 0 aliphatic carbocycles. The van der Waals surface area contributed by atoms with Crippen LogP contribution in [-0.2, 0) is 14.6 Å². The number of methoxy groups -OCH3 is 1. The summed E-state index contributed by atoms with van der Waals surface area (Å²) >= 11 is 0. The van der Waals surface area contributed by atoms with Gasteiger partial charge < -0.3 is 25.0 Å². The second kappa shape index (κ2) is 12.3. The van der Waals surface area contributed by atoms with E-state index in [1.54, 1.807) is 14.2 Å². The van der Waals surface area contributed by atoms with Crippen LogP contribution in [-0.4, -0.2) is 79.4 Å². The first kappa shape index (κ1) is 24.8. The number of benzene rings is 1. The average Bonchev–Trinajstić information content (AvgIpc) is 3.11. The van der Waals surface area contributed by atoms with Crippen molar-refractivity contribution < 1.29 is 17.9 Å². The minimum absolute atomic E-state index is 0. The third-order valence-electron chi connectivity index (χ3n) is 4.32. The number of guanidine groups is 1. The fraction of sp³-hybridized carbons (Fsp3) is 0.611. The number of halogens is 1. The molecule has 1 aliphatic rings. The van der Waals surface area contributed by atoms with Crippen molar-refractivity contribution in [3.8, 4) is 5.75 Å². The Morgan fingerprint density at radius 1 is 1.32 bits per heavy atom. The molecule has 0 aromatic heterocycles. The number of para-hydroxylation sites is 2. The topological polar surface area (TPSA) is 92.3 Å². The van der Waals surface area contributed by atoms with Crippen molar-refractivity contribution in [1.29, 1.82) is 0 Å². The van der Waals surface area contributed by atoms with Crippen molar-refractivity contribution in [2.24, 2.45) is 4.99 Å². The molecule has 160 valence electrons. The molecule has 8 nitrogen and oxygen atoms in total. The maximum Gasteiger partial charge on any atom is 0.191 e. The van der Waals surface area contributed by atoms with Gasteiger partial charge in [-0.3, -0.25) is 4.99 Å². The largest absolute Gasteiger partial charge is 0.495 e. The summed E-state index contributed by atoms with van der Waals surface area (Å²) in [6, 6.07) is 8.32. The van der Waals surface area contributed by atoms with Gasteiger partial charge in [0.1, 0.15) is 15.6 Å². The van der Waals surface area contributed by atoms with Gasteiger partial charge in [-0.05, 0) is 18.6 Å². The summed E-state index contributed by atoms with van der Waals surface area (Å²) in [6.07, 6.45) is 2.21. The SMILES string of the molecule is CN=C(NCCOCCS(C)(=O)=O)NC1CCN(c2ccccc2OC)C1.I. The molecule has 2 rings (SSSR count). The first-order valence-electron chi connectivity index (χ1n) is 9.03. The maximum absolute atomic E-state index is 11.0. The second-order valence-electron chi connectivity index (χ2n) is 6.49. The van der Waals surface area contributed by atoms with Crippen LogP contribution in [0.15, 0.2) is 29.3 Å². The molecule has 1 fully saturated rings. The normalized spacial score (nSPS) is 17.2. The highest BCUT2D eigenvalue weighted by Gasteiger charge is 2.25. The summed E-state index contributed by atoms with van der Waals surface area (Å²) < 4.78 is 32.9. The van der Waals surface area contributed by atoms with Crippen molar-refractivity contribution in [2.45, 2.75) is 12.5 Å². The third kappa shape index (κ3) is 8.39. The van der Waals surface area contributed by atoms with Gasteiger partial charge in [0.25, 0.3) is 0 Å². The van der Waals surface area contributed by atoms with Crippen LogP contribution >= 0.6 is 24.0 Å². The molecule has 1 aromatic rings. The van der Waals surface area contributed by atoms with E-state index in [2.05, 4.69) is 26.6 Å². The minimum atomic E-state index is -2.98. The van der Waals surface area contributed by atoms with Gasteiger partial charge in [-0.15, -0.1) is 24.0 Å². The second-order valence-corrected chi connectivity index (χ2v) is 8.75. The number of hydrogen-bond donors (Lipinski definition) is 2. The molecular weight excluding hydrogens is 495 g/mol. The molecule has 0 radical (unpaired) electrons. The standard InChI is InChI=1S/C18H30N4O4S.HI/c1-19-18(20-9-11-26-12-13-27(3,23)24)21-15-8-10-22(14-15)16-6-4-5-7-17(16)25-2;/h4-7,15H,8-14H2,1-3H3,(H2,19,20,21);1H. The molecule has 1 saturated heterocycles. The molecule has 0 bridgehead atoms. The number of nitrogens with zero attached hydrogens (tertiary/aromatic N) is 2. The van der Waals surface area contributed by atoms with E-state index in [-0.39, 0.29) is 42.4 Å². The van der Waals surface area contributed by atoms with E-state index in [9.17, 15) is 8.42 Å². The summed E-state index contributed by atoms with van der Waals surface area (Å²) in [4.78, 5) is 6.54. The number of sulfone groups is 1. The summed E-state index contributed by atoms with van der Waals surface area (Å²) in [7, 11) is 0.441. The molecule has 1 unspecified atom stereocenters. The van der Waals surface area contributed by atoms with Crippen molar-refractivity contribution >= 4 is 45.5 Å². The zero-order chi connectivity index (χ0) is 19.7. The summed E-state index contributed by atoms with van der Waals surface area (Å²) in [5, 5.41) is 6.62. The Hall–Kier alpha value is -1.27. The molecule has 0 spiro atoms. The van der Waals surface area contributed by atoms with Gasteiger partial charge in [-0.1, -0.05) is 12.1 Å². The van der Waals surface area contributed by atoms with E-state index in [0.29, 0.717) is 19.1 Å². The minimum Gasteiger partial charge on any atom is -0.495 e. The molecule has 0 saturated carbocycles. The number of anilines is 1. The number of hydrogen-bond acceptors (Lipinski definition) is 6. The van der Waals surface area contributed by atoms with E-state index in [0.717, 1.165) is 30.9 Å². The van der Waals surface area contributed by atoms with Crippen LogP contribution in [0.3, 0.4) is 0 Å². The number of aliphatic imine (C=N–C) groups is 1. The maximum atomic E-state index is 11.0. The lowest BCUT2D eigenvalue weighted by molar-refractivity contribution is 0.154. The first-order chi connectivity index (χ1) is 12.9. The van der Waals surface area contributed by atoms with Crippen molar-refractivity contribution in [3.63, 3.8) is 0 Å². The van der Waals surface area contributed by atoms with Crippen molar-refractivity contribution in [3.05, 3.63) is 24.3 Å². The number of nitrogens with one attached hydrogen (secondary N) is 2. The molecule has 1 heterocycles. The highest BCUT2D eigenvalue weighted by atomic mass is 127. The predicted molar refractivity (Wildman–Crippen MR) is 124 cm³/mol. The van der Waals surface area contributed by atoms with E-state index in [4.69, 9.17) is 9.47 Å². The Bertz CT molecular complexity index is 730. The third-order valence-corrected chi connectivity index (χ3v) is 5.22. The van der Waals surface area contributed by atoms with Crippen LogP contribution in [0.4, 0.5) is 5.69 Å². The highest BCUT2D eigenvalue weighted by molar-refractivity contribution is 14.0. The fourth-order valence-electron chi connectivity index (χ4n) is 2.93. The van der Waals surface area contributed by atoms with E-state index in [1.165, 1.54) is 6.26 Å². The molecular formula is C18H31IN4O4S.